The van der Waals surface area contributed by atoms with Gasteiger partial charge in [0.1, 0.15) is 5.75 Å². The monoisotopic (exact) mass is 564 g/mol. The Labute approximate surface area is 230 Å². The summed E-state index contributed by atoms with van der Waals surface area (Å²) in [5.41, 5.74) is 1.67. The molecule has 1 aliphatic carbocycles. The van der Waals surface area contributed by atoms with Gasteiger partial charge >= 0.3 is 6.36 Å². The molecule has 1 atom stereocenters. The van der Waals surface area contributed by atoms with Gasteiger partial charge in [0.15, 0.2) is 0 Å². The second-order valence-corrected chi connectivity index (χ2v) is 11.1. The van der Waals surface area contributed by atoms with Crippen LogP contribution >= 0.6 is 0 Å². The fraction of sp³-hybridized carbons (Fsp3) is 0.533. The van der Waals surface area contributed by atoms with Gasteiger partial charge in [-0.25, -0.2) is 8.78 Å². The first-order valence-electron chi connectivity index (χ1n) is 14.0. The van der Waals surface area contributed by atoms with Gasteiger partial charge in [-0.3, -0.25) is 9.59 Å². The summed E-state index contributed by atoms with van der Waals surface area (Å²) in [6.45, 7) is 0.566. The van der Waals surface area contributed by atoms with Crippen molar-refractivity contribution in [3.63, 3.8) is 0 Å². The van der Waals surface area contributed by atoms with Gasteiger partial charge in [-0.1, -0.05) is 43.5 Å². The predicted molar refractivity (Wildman–Crippen MR) is 139 cm³/mol. The molecule has 2 saturated heterocycles. The molecule has 2 amide bonds. The molecular weight excluding hydrogens is 531 g/mol. The molecule has 2 aliphatic heterocycles. The summed E-state index contributed by atoms with van der Waals surface area (Å²) in [5, 5.41) is 0. The molecule has 5 nitrogen and oxygen atoms in total. The van der Waals surface area contributed by atoms with E-state index in [0.717, 1.165) is 25.7 Å². The molecule has 0 radical (unpaired) electrons. The maximum Gasteiger partial charge on any atom is 0.573 e. The highest BCUT2D eigenvalue weighted by Gasteiger charge is 2.38. The Hall–Kier alpha value is -3.17. The molecule has 3 aliphatic rings. The fourth-order valence-electron chi connectivity index (χ4n) is 6.12. The van der Waals surface area contributed by atoms with E-state index in [-0.39, 0.29) is 61.9 Å². The van der Waals surface area contributed by atoms with Gasteiger partial charge in [0, 0.05) is 50.0 Å². The maximum atomic E-state index is 13.4. The molecule has 2 aromatic rings. The summed E-state index contributed by atoms with van der Waals surface area (Å²) < 4.78 is 71.3. The third-order valence-electron chi connectivity index (χ3n) is 8.37. The second kappa shape index (κ2) is 11.4. The van der Waals surface area contributed by atoms with Crippen molar-refractivity contribution in [1.29, 1.82) is 0 Å². The van der Waals surface area contributed by atoms with Crippen LogP contribution in [0.5, 0.6) is 5.75 Å². The number of likely N-dealkylation sites (tertiary alicyclic amines) is 2. The van der Waals surface area contributed by atoms with Gasteiger partial charge in [0.2, 0.25) is 5.91 Å². The van der Waals surface area contributed by atoms with Crippen molar-refractivity contribution in [2.45, 2.75) is 76.1 Å². The molecule has 0 bridgehead atoms. The lowest BCUT2D eigenvalue weighted by Gasteiger charge is -2.31. The maximum absolute atomic E-state index is 13.4. The smallest absolute Gasteiger partial charge is 0.405 e. The van der Waals surface area contributed by atoms with E-state index in [2.05, 4.69) is 4.74 Å². The van der Waals surface area contributed by atoms with Crippen LogP contribution in [0, 0.1) is 5.92 Å². The molecule has 5 rings (SSSR count). The Morgan fingerprint density at radius 3 is 2.20 bits per heavy atom. The average Bonchev–Trinajstić information content (AvgIpc) is 3.28. The number of alkyl halides is 5. The number of ether oxygens (including phenoxy) is 1. The minimum Gasteiger partial charge on any atom is -0.405 e. The van der Waals surface area contributed by atoms with Crippen LogP contribution in [0.1, 0.15) is 67.3 Å². The predicted octanol–water partition coefficient (Wildman–Crippen LogP) is 6.85. The van der Waals surface area contributed by atoms with Crippen LogP contribution in [0.3, 0.4) is 0 Å². The van der Waals surface area contributed by atoms with Gasteiger partial charge in [-0.15, -0.1) is 13.2 Å². The van der Waals surface area contributed by atoms with Crippen LogP contribution in [-0.4, -0.2) is 59.6 Å². The van der Waals surface area contributed by atoms with Gasteiger partial charge < -0.3 is 14.5 Å². The largest absolute Gasteiger partial charge is 0.573 e. The number of benzene rings is 2. The number of piperidine rings is 1. The molecule has 0 aromatic heterocycles. The lowest BCUT2D eigenvalue weighted by molar-refractivity contribution is -0.274. The van der Waals surface area contributed by atoms with Crippen LogP contribution in [0.25, 0.3) is 11.1 Å². The Kier molecular flexibility index (Phi) is 8.06. The van der Waals surface area contributed by atoms with Crippen molar-refractivity contribution in [3.8, 4) is 16.9 Å². The van der Waals surface area contributed by atoms with Crippen LogP contribution in [0.2, 0.25) is 0 Å². The first kappa shape index (κ1) is 28.4. The summed E-state index contributed by atoms with van der Waals surface area (Å²) in [7, 11) is 0. The van der Waals surface area contributed by atoms with E-state index >= 15 is 0 Å². The fourth-order valence-corrected chi connectivity index (χ4v) is 6.12. The molecule has 0 spiro atoms. The molecule has 10 heteroatoms. The zero-order chi connectivity index (χ0) is 28.5. The highest BCUT2D eigenvalue weighted by Crippen LogP contribution is 2.36. The minimum absolute atomic E-state index is 0.00613. The summed E-state index contributed by atoms with van der Waals surface area (Å²) >= 11 is 0. The standard InChI is InChI=1S/C30H33F5N2O3/c31-29(32)13-16-36(17-14-29)27(38)21-8-6-20(7-9-21)22-10-11-23(26(19-22)40-30(33,34)35)18-24-12-15-37(28(24)39)25-4-2-1-3-5-25/h6-11,19,24-25H,1-5,12-18H2. The SMILES string of the molecule is O=C(c1ccc(-c2ccc(CC3CCN(C4CCCCC4)C3=O)c(OC(F)(F)F)c2)cc1)N1CCC(F)(F)CC1. The van der Waals surface area contributed by atoms with E-state index in [0.29, 0.717) is 35.2 Å². The number of hydrogen-bond donors (Lipinski definition) is 0. The lowest BCUT2D eigenvalue weighted by atomic mass is 9.93. The third-order valence-corrected chi connectivity index (χ3v) is 8.37. The Morgan fingerprint density at radius 2 is 1.55 bits per heavy atom. The number of amides is 2. The van der Waals surface area contributed by atoms with E-state index in [9.17, 15) is 31.5 Å². The van der Waals surface area contributed by atoms with Crippen molar-refractivity contribution in [3.05, 3.63) is 53.6 Å². The molecule has 3 fully saturated rings. The summed E-state index contributed by atoms with van der Waals surface area (Å²) in [5.74, 6) is -3.84. The van der Waals surface area contributed by atoms with Gasteiger partial charge in [0.05, 0.1) is 0 Å². The molecular formula is C30H33F5N2O3. The van der Waals surface area contributed by atoms with Crippen molar-refractivity contribution in [2.24, 2.45) is 5.92 Å². The van der Waals surface area contributed by atoms with Crippen molar-refractivity contribution in [2.75, 3.05) is 19.6 Å². The summed E-state index contributed by atoms with van der Waals surface area (Å²) in [6, 6.07) is 11.1. The first-order valence-corrected chi connectivity index (χ1v) is 14.0. The van der Waals surface area contributed by atoms with E-state index in [1.165, 1.54) is 17.4 Å². The van der Waals surface area contributed by atoms with Crippen LogP contribution < -0.4 is 4.74 Å². The highest BCUT2D eigenvalue weighted by molar-refractivity contribution is 5.94. The molecule has 2 heterocycles. The lowest BCUT2D eigenvalue weighted by Crippen LogP contribution is -2.42. The van der Waals surface area contributed by atoms with Gasteiger partial charge in [0.25, 0.3) is 11.8 Å². The number of hydrogen-bond acceptors (Lipinski definition) is 3. The topological polar surface area (TPSA) is 49.9 Å². The van der Waals surface area contributed by atoms with E-state index < -0.39 is 12.3 Å². The summed E-state index contributed by atoms with van der Waals surface area (Å²) in [4.78, 5) is 29.2. The van der Waals surface area contributed by atoms with Crippen LogP contribution in [-0.2, 0) is 11.2 Å². The number of halogens is 5. The van der Waals surface area contributed by atoms with Crippen LogP contribution in [0.15, 0.2) is 42.5 Å². The Balaban J connectivity index is 1.31. The average molecular weight is 565 g/mol. The Morgan fingerprint density at radius 1 is 0.900 bits per heavy atom. The van der Waals surface area contributed by atoms with E-state index in [1.54, 1.807) is 36.4 Å². The zero-order valence-corrected chi connectivity index (χ0v) is 22.2. The second-order valence-electron chi connectivity index (χ2n) is 11.1. The van der Waals surface area contributed by atoms with Crippen molar-refractivity contribution >= 4 is 11.8 Å². The zero-order valence-electron chi connectivity index (χ0n) is 22.2. The number of carbonyl (C=O) groups excluding carboxylic acids is 2. The molecule has 216 valence electrons. The van der Waals surface area contributed by atoms with E-state index in [4.69, 9.17) is 0 Å². The molecule has 1 unspecified atom stereocenters. The third kappa shape index (κ3) is 6.58. The van der Waals surface area contributed by atoms with Gasteiger partial charge in [-0.05, 0) is 60.6 Å². The normalized spacial score (nSPS) is 22.0. The molecule has 0 N–H and O–H groups in total. The van der Waals surface area contributed by atoms with E-state index in [1.807, 2.05) is 4.90 Å². The molecule has 2 aromatic carbocycles. The molecule has 1 saturated carbocycles. The van der Waals surface area contributed by atoms with Crippen molar-refractivity contribution in [1.82, 2.24) is 9.80 Å². The van der Waals surface area contributed by atoms with Crippen LogP contribution in [0.4, 0.5) is 22.0 Å². The highest BCUT2D eigenvalue weighted by atomic mass is 19.4. The number of rotatable bonds is 6. The Bertz CT molecular complexity index is 1210. The number of carbonyl (C=O) groups is 2. The quantitative estimate of drug-likeness (QED) is 0.361. The molecule has 40 heavy (non-hydrogen) atoms. The summed E-state index contributed by atoms with van der Waals surface area (Å²) in [6.07, 6.45) is 0.429. The number of nitrogens with zero attached hydrogens (tertiary/aromatic N) is 2. The van der Waals surface area contributed by atoms with Crippen molar-refractivity contribution < 1.29 is 36.3 Å². The first-order chi connectivity index (χ1) is 19.0. The van der Waals surface area contributed by atoms with Gasteiger partial charge in [-0.2, -0.15) is 0 Å². The minimum atomic E-state index is -4.90.